The lowest BCUT2D eigenvalue weighted by molar-refractivity contribution is 1.05. The number of pyridine rings is 1. The predicted octanol–water partition coefficient (Wildman–Crippen LogP) is 3.80. The van der Waals surface area contributed by atoms with Crippen LogP contribution in [0.5, 0.6) is 0 Å². The highest BCUT2D eigenvalue weighted by molar-refractivity contribution is 7.17. The first-order valence-electron chi connectivity index (χ1n) is 6.61. The van der Waals surface area contributed by atoms with Crippen molar-refractivity contribution in [3.05, 3.63) is 35.0 Å². The molecule has 3 heterocycles. The third kappa shape index (κ3) is 2.25. The van der Waals surface area contributed by atoms with Crippen molar-refractivity contribution in [2.24, 2.45) is 0 Å². The van der Waals surface area contributed by atoms with Crippen LogP contribution in [0.4, 0.5) is 5.82 Å². The van der Waals surface area contributed by atoms with Gasteiger partial charge in [0.15, 0.2) is 5.82 Å². The van der Waals surface area contributed by atoms with Crippen molar-refractivity contribution in [3.8, 4) is 11.4 Å². The fraction of sp³-hybridized carbons (Fsp3) is 0.267. The number of nitrogens with zero attached hydrogens (tertiary/aromatic N) is 3. The highest BCUT2D eigenvalue weighted by Gasteiger charge is 2.10. The number of aromatic nitrogens is 3. The molecule has 0 atom stereocenters. The van der Waals surface area contributed by atoms with E-state index in [9.17, 15) is 0 Å². The van der Waals surface area contributed by atoms with E-state index < -0.39 is 0 Å². The Bertz CT molecular complexity index is 764. The maximum absolute atomic E-state index is 4.63. The second-order valence-corrected chi connectivity index (χ2v) is 5.61. The van der Waals surface area contributed by atoms with E-state index >= 15 is 0 Å². The van der Waals surface area contributed by atoms with E-state index in [2.05, 4.69) is 33.3 Å². The average molecular weight is 284 g/mol. The molecule has 0 aliphatic heterocycles. The van der Waals surface area contributed by atoms with E-state index in [0.717, 1.165) is 45.2 Å². The van der Waals surface area contributed by atoms with Gasteiger partial charge < -0.3 is 5.32 Å². The average Bonchev–Trinajstić information content (AvgIpc) is 2.91. The first-order valence-corrected chi connectivity index (χ1v) is 7.49. The lowest BCUT2D eigenvalue weighted by Crippen LogP contribution is -2.06. The summed E-state index contributed by atoms with van der Waals surface area (Å²) in [7, 11) is 0. The fourth-order valence-corrected chi connectivity index (χ4v) is 2.85. The third-order valence-electron chi connectivity index (χ3n) is 3.29. The number of rotatable bonds is 3. The van der Waals surface area contributed by atoms with E-state index in [-0.39, 0.29) is 0 Å². The van der Waals surface area contributed by atoms with Gasteiger partial charge in [0.2, 0.25) is 0 Å². The zero-order valence-electron chi connectivity index (χ0n) is 11.8. The number of thiophene rings is 1. The molecule has 0 bridgehead atoms. The number of hydrogen-bond donors (Lipinski definition) is 1. The second kappa shape index (κ2) is 5.17. The van der Waals surface area contributed by atoms with Gasteiger partial charge in [-0.3, -0.25) is 4.98 Å². The van der Waals surface area contributed by atoms with E-state index in [0.29, 0.717) is 0 Å². The predicted molar refractivity (Wildman–Crippen MR) is 84.3 cm³/mol. The Balaban J connectivity index is 2.12. The van der Waals surface area contributed by atoms with Crippen LogP contribution in [-0.2, 0) is 0 Å². The molecule has 20 heavy (non-hydrogen) atoms. The van der Waals surface area contributed by atoms with E-state index in [1.165, 1.54) is 0 Å². The Kier molecular flexibility index (Phi) is 3.36. The second-order valence-electron chi connectivity index (χ2n) is 4.66. The summed E-state index contributed by atoms with van der Waals surface area (Å²) in [5.41, 5.74) is 4.08. The number of fused-ring (bicyclic) bond motifs is 1. The molecule has 3 aromatic rings. The number of nitrogens with one attached hydrogen (secondary N) is 1. The molecular weight excluding hydrogens is 268 g/mol. The molecule has 0 spiro atoms. The van der Waals surface area contributed by atoms with Crippen molar-refractivity contribution < 1.29 is 0 Å². The Morgan fingerprint density at radius 1 is 1.25 bits per heavy atom. The standard InChI is InChI=1S/C15H16N4S/c1-4-16-14-9(2)10(3)18-15(19-14)11-7-13-12(17-8-11)5-6-20-13/h5-8H,4H2,1-3H3,(H,16,18,19). The van der Waals surface area contributed by atoms with Gasteiger partial charge in [0, 0.05) is 29.6 Å². The fourth-order valence-electron chi connectivity index (χ4n) is 2.07. The van der Waals surface area contributed by atoms with Crippen LogP contribution in [0.1, 0.15) is 18.2 Å². The van der Waals surface area contributed by atoms with Gasteiger partial charge in [-0.25, -0.2) is 9.97 Å². The molecule has 3 rings (SSSR count). The monoisotopic (exact) mass is 284 g/mol. The SMILES string of the molecule is CCNc1nc(-c2cnc3ccsc3c2)nc(C)c1C. The molecule has 0 aliphatic carbocycles. The quantitative estimate of drug-likeness (QED) is 0.794. The minimum atomic E-state index is 0.729. The summed E-state index contributed by atoms with van der Waals surface area (Å²) in [4.78, 5) is 13.7. The number of anilines is 1. The lowest BCUT2D eigenvalue weighted by Gasteiger charge is -2.11. The van der Waals surface area contributed by atoms with Crippen LogP contribution in [0, 0.1) is 13.8 Å². The zero-order valence-corrected chi connectivity index (χ0v) is 12.6. The van der Waals surface area contributed by atoms with Gasteiger partial charge in [0.25, 0.3) is 0 Å². The lowest BCUT2D eigenvalue weighted by atomic mass is 10.2. The van der Waals surface area contributed by atoms with Crippen molar-refractivity contribution in [2.45, 2.75) is 20.8 Å². The maximum Gasteiger partial charge on any atom is 0.163 e. The van der Waals surface area contributed by atoms with Crippen LogP contribution in [0.25, 0.3) is 21.6 Å². The Morgan fingerprint density at radius 3 is 2.90 bits per heavy atom. The molecule has 0 aliphatic rings. The topological polar surface area (TPSA) is 50.7 Å². The highest BCUT2D eigenvalue weighted by atomic mass is 32.1. The molecular formula is C15H16N4S. The van der Waals surface area contributed by atoms with Crippen LogP contribution in [-0.4, -0.2) is 21.5 Å². The van der Waals surface area contributed by atoms with E-state index in [1.807, 2.05) is 31.5 Å². The van der Waals surface area contributed by atoms with Crippen molar-refractivity contribution in [3.63, 3.8) is 0 Å². The Morgan fingerprint density at radius 2 is 2.10 bits per heavy atom. The van der Waals surface area contributed by atoms with Crippen LogP contribution < -0.4 is 5.32 Å². The molecule has 0 saturated carbocycles. The molecule has 1 N–H and O–H groups in total. The molecule has 0 aromatic carbocycles. The zero-order chi connectivity index (χ0) is 14.1. The third-order valence-corrected chi connectivity index (χ3v) is 4.15. The summed E-state index contributed by atoms with van der Waals surface area (Å²) in [5.74, 6) is 1.63. The Hall–Kier alpha value is -2.01. The maximum atomic E-state index is 4.63. The molecule has 5 heteroatoms. The molecule has 0 radical (unpaired) electrons. The van der Waals surface area contributed by atoms with Crippen molar-refractivity contribution >= 4 is 27.4 Å². The molecule has 102 valence electrons. The van der Waals surface area contributed by atoms with Crippen LogP contribution >= 0.6 is 11.3 Å². The van der Waals surface area contributed by atoms with Gasteiger partial charge in [-0.15, -0.1) is 11.3 Å². The van der Waals surface area contributed by atoms with Gasteiger partial charge in [-0.05, 0) is 38.3 Å². The first-order chi connectivity index (χ1) is 9.69. The van der Waals surface area contributed by atoms with Crippen LogP contribution in [0.15, 0.2) is 23.7 Å². The van der Waals surface area contributed by atoms with Gasteiger partial charge in [0.1, 0.15) is 5.82 Å². The summed E-state index contributed by atoms with van der Waals surface area (Å²) in [6, 6.07) is 4.13. The molecule has 0 amide bonds. The smallest absolute Gasteiger partial charge is 0.163 e. The van der Waals surface area contributed by atoms with Crippen molar-refractivity contribution in [2.75, 3.05) is 11.9 Å². The van der Waals surface area contributed by atoms with Gasteiger partial charge in [0.05, 0.1) is 10.2 Å². The summed E-state index contributed by atoms with van der Waals surface area (Å²) in [6.45, 7) is 6.96. The summed E-state index contributed by atoms with van der Waals surface area (Å²) in [5, 5.41) is 5.34. The molecule has 4 nitrogen and oxygen atoms in total. The molecule has 0 saturated heterocycles. The molecule has 3 aromatic heterocycles. The van der Waals surface area contributed by atoms with Gasteiger partial charge in [-0.1, -0.05) is 0 Å². The van der Waals surface area contributed by atoms with Gasteiger partial charge >= 0.3 is 0 Å². The minimum Gasteiger partial charge on any atom is -0.370 e. The first kappa shape index (κ1) is 13.0. The van der Waals surface area contributed by atoms with Crippen LogP contribution in [0.3, 0.4) is 0 Å². The summed E-state index contributed by atoms with van der Waals surface area (Å²) < 4.78 is 1.16. The van der Waals surface area contributed by atoms with Crippen LogP contribution in [0.2, 0.25) is 0 Å². The van der Waals surface area contributed by atoms with Crippen molar-refractivity contribution in [1.82, 2.24) is 15.0 Å². The van der Waals surface area contributed by atoms with Gasteiger partial charge in [-0.2, -0.15) is 0 Å². The summed E-state index contributed by atoms with van der Waals surface area (Å²) in [6.07, 6.45) is 1.84. The minimum absolute atomic E-state index is 0.729. The number of hydrogen-bond acceptors (Lipinski definition) is 5. The highest BCUT2D eigenvalue weighted by Crippen LogP contribution is 2.26. The molecule has 0 unspecified atom stereocenters. The van der Waals surface area contributed by atoms with E-state index in [1.54, 1.807) is 11.3 Å². The Labute approximate surface area is 121 Å². The largest absolute Gasteiger partial charge is 0.370 e. The van der Waals surface area contributed by atoms with Crippen molar-refractivity contribution in [1.29, 1.82) is 0 Å². The van der Waals surface area contributed by atoms with E-state index in [4.69, 9.17) is 0 Å². The molecule has 0 fully saturated rings. The normalized spacial score (nSPS) is 10.9. The summed E-state index contributed by atoms with van der Waals surface area (Å²) >= 11 is 1.68. The number of aryl methyl sites for hydroxylation is 1.